The van der Waals surface area contributed by atoms with Gasteiger partial charge in [-0.2, -0.15) is 0 Å². The summed E-state index contributed by atoms with van der Waals surface area (Å²) >= 11 is 5.70. The Bertz CT molecular complexity index is 775. The molecule has 0 radical (unpaired) electrons. The highest BCUT2D eigenvalue weighted by Gasteiger charge is 2.28. The molecule has 0 bridgehead atoms. The lowest BCUT2D eigenvalue weighted by Gasteiger charge is -2.21. The Labute approximate surface area is 141 Å². The maximum Gasteiger partial charge on any atom is 0.295 e. The van der Waals surface area contributed by atoms with Gasteiger partial charge in [0.2, 0.25) is 0 Å². The van der Waals surface area contributed by atoms with Crippen molar-refractivity contribution >= 4 is 34.6 Å². The van der Waals surface area contributed by atoms with Gasteiger partial charge in [0, 0.05) is 24.4 Å². The van der Waals surface area contributed by atoms with E-state index in [0.29, 0.717) is 5.69 Å². The van der Waals surface area contributed by atoms with E-state index < -0.39 is 32.2 Å². The molecule has 9 heteroatoms. The van der Waals surface area contributed by atoms with Gasteiger partial charge in [0.25, 0.3) is 17.3 Å². The maximum atomic E-state index is 12.7. The number of para-hydroxylation sites is 1. The summed E-state index contributed by atoms with van der Waals surface area (Å²) in [5.41, 5.74) is -0.967. The van der Waals surface area contributed by atoms with E-state index in [0.717, 1.165) is 12.1 Å². The Kier molecular flexibility index (Phi) is 5.10. The average molecular weight is 350 g/mol. The van der Waals surface area contributed by atoms with Gasteiger partial charge in [-0.25, -0.2) is 0 Å². The Balaban J connectivity index is 2.56. The summed E-state index contributed by atoms with van der Waals surface area (Å²) in [6.45, 7) is 2.01. The van der Waals surface area contributed by atoms with Gasteiger partial charge in [0.1, 0.15) is 0 Å². The molecule has 0 aliphatic rings. The Morgan fingerprint density at radius 2 is 1.58 bits per heavy atom. The summed E-state index contributed by atoms with van der Waals surface area (Å²) in [6.07, 6.45) is 0. The van der Waals surface area contributed by atoms with E-state index in [2.05, 4.69) is 0 Å². The van der Waals surface area contributed by atoms with Gasteiger partial charge < -0.3 is 4.90 Å². The fourth-order valence-electron chi connectivity index (χ4n) is 2.19. The number of hydrogen-bond donors (Lipinski definition) is 0. The molecule has 1 amide bonds. The predicted octanol–water partition coefficient (Wildman–Crippen LogP) is 3.82. The molecule has 8 nitrogen and oxygen atoms in total. The molecular formula is C15H12ClN3O5. The lowest BCUT2D eigenvalue weighted by atomic mass is 10.1. The summed E-state index contributed by atoms with van der Waals surface area (Å²) < 4.78 is 0. The van der Waals surface area contributed by atoms with E-state index >= 15 is 0 Å². The molecule has 0 aromatic heterocycles. The summed E-state index contributed by atoms with van der Waals surface area (Å²) in [5, 5.41) is 21.5. The third-order valence-electron chi connectivity index (χ3n) is 3.30. The molecule has 0 heterocycles. The van der Waals surface area contributed by atoms with E-state index in [9.17, 15) is 25.0 Å². The molecule has 0 aliphatic heterocycles. The third-order valence-corrected chi connectivity index (χ3v) is 3.69. The zero-order chi connectivity index (χ0) is 17.9. The van der Waals surface area contributed by atoms with Crippen LogP contribution in [0.5, 0.6) is 0 Å². The zero-order valence-corrected chi connectivity index (χ0v) is 13.3. The minimum absolute atomic E-state index is 0.177. The number of halogens is 1. The van der Waals surface area contributed by atoms with Crippen molar-refractivity contribution in [1.29, 1.82) is 0 Å². The molecule has 2 aromatic carbocycles. The fraction of sp³-hybridized carbons (Fsp3) is 0.133. The number of carbonyl (C=O) groups excluding carboxylic acids is 1. The molecule has 0 N–H and O–H groups in total. The van der Waals surface area contributed by atoms with Crippen LogP contribution in [0.15, 0.2) is 42.5 Å². The minimum atomic E-state index is -0.856. The second-order valence-corrected chi connectivity index (χ2v) is 5.11. The number of nitro benzene ring substituents is 2. The number of carbonyl (C=O) groups is 1. The second-order valence-electron chi connectivity index (χ2n) is 4.73. The van der Waals surface area contributed by atoms with Crippen LogP contribution in [0.1, 0.15) is 17.3 Å². The lowest BCUT2D eigenvalue weighted by molar-refractivity contribution is -0.393. The Hall–Kier alpha value is -3.00. The highest BCUT2D eigenvalue weighted by molar-refractivity contribution is 6.35. The molecule has 24 heavy (non-hydrogen) atoms. The van der Waals surface area contributed by atoms with Gasteiger partial charge >= 0.3 is 0 Å². The van der Waals surface area contributed by atoms with Gasteiger partial charge in [-0.1, -0.05) is 29.8 Å². The van der Waals surface area contributed by atoms with Crippen molar-refractivity contribution in [3.8, 4) is 0 Å². The summed E-state index contributed by atoms with van der Waals surface area (Å²) in [6, 6.07) is 10.5. The first kappa shape index (κ1) is 17.4. The van der Waals surface area contributed by atoms with Crippen LogP contribution in [-0.2, 0) is 0 Å². The first-order valence-electron chi connectivity index (χ1n) is 6.86. The second kappa shape index (κ2) is 7.05. The third kappa shape index (κ3) is 3.33. The number of nitrogens with zero attached hydrogens (tertiary/aromatic N) is 3. The number of rotatable bonds is 5. The van der Waals surface area contributed by atoms with Crippen LogP contribution in [0, 0.1) is 20.2 Å². The smallest absolute Gasteiger partial charge is 0.295 e. The largest absolute Gasteiger partial charge is 0.309 e. The van der Waals surface area contributed by atoms with Gasteiger partial charge in [-0.05, 0) is 19.1 Å². The highest BCUT2D eigenvalue weighted by atomic mass is 35.5. The first-order chi connectivity index (χ1) is 11.4. The molecular weight excluding hydrogens is 338 g/mol. The van der Waals surface area contributed by atoms with Crippen LogP contribution in [0.3, 0.4) is 0 Å². The maximum absolute atomic E-state index is 12.7. The monoisotopic (exact) mass is 349 g/mol. The zero-order valence-electron chi connectivity index (χ0n) is 12.5. The quantitative estimate of drug-likeness (QED) is 0.602. The lowest BCUT2D eigenvalue weighted by Crippen LogP contribution is -2.30. The first-order valence-corrected chi connectivity index (χ1v) is 7.23. The predicted molar refractivity (Wildman–Crippen MR) is 88.6 cm³/mol. The average Bonchev–Trinajstić information content (AvgIpc) is 2.56. The van der Waals surface area contributed by atoms with Crippen LogP contribution in [0.2, 0.25) is 5.02 Å². The molecule has 0 saturated carbocycles. The summed E-state index contributed by atoms with van der Waals surface area (Å²) in [7, 11) is 0. The van der Waals surface area contributed by atoms with E-state index in [1.54, 1.807) is 37.3 Å². The van der Waals surface area contributed by atoms with E-state index in [1.807, 2.05) is 0 Å². The molecule has 2 rings (SSSR count). The van der Waals surface area contributed by atoms with Crippen molar-refractivity contribution in [1.82, 2.24) is 0 Å². The van der Waals surface area contributed by atoms with Crippen molar-refractivity contribution in [2.24, 2.45) is 0 Å². The van der Waals surface area contributed by atoms with Gasteiger partial charge in [0.15, 0.2) is 5.02 Å². The van der Waals surface area contributed by atoms with Crippen LogP contribution in [0.25, 0.3) is 0 Å². The molecule has 0 spiro atoms. The topological polar surface area (TPSA) is 107 Å². The van der Waals surface area contributed by atoms with Crippen molar-refractivity contribution in [2.45, 2.75) is 6.92 Å². The van der Waals surface area contributed by atoms with Crippen LogP contribution < -0.4 is 4.90 Å². The Morgan fingerprint density at radius 1 is 1.08 bits per heavy atom. The van der Waals surface area contributed by atoms with Gasteiger partial charge in [-0.3, -0.25) is 25.0 Å². The summed E-state index contributed by atoms with van der Waals surface area (Å²) in [4.78, 5) is 34.4. The summed E-state index contributed by atoms with van der Waals surface area (Å²) in [5.74, 6) is -0.591. The normalized spacial score (nSPS) is 10.2. The van der Waals surface area contributed by atoms with Crippen LogP contribution in [-0.4, -0.2) is 22.3 Å². The highest BCUT2D eigenvalue weighted by Crippen LogP contribution is 2.35. The van der Waals surface area contributed by atoms with Gasteiger partial charge in [0.05, 0.1) is 15.4 Å². The standard InChI is InChI=1S/C15H12ClN3O5/c1-2-17(11-6-4-3-5-7-11)15(20)10-8-12(18(21)22)14(16)13(9-10)19(23)24/h3-9H,2H2,1H3. The van der Waals surface area contributed by atoms with Crippen molar-refractivity contribution in [2.75, 3.05) is 11.4 Å². The van der Waals surface area contributed by atoms with Gasteiger partial charge in [-0.15, -0.1) is 0 Å². The molecule has 2 aromatic rings. The number of anilines is 1. The molecule has 0 atom stereocenters. The van der Waals surface area contributed by atoms with E-state index in [1.165, 1.54) is 4.90 Å². The van der Waals surface area contributed by atoms with Crippen molar-refractivity contribution in [3.63, 3.8) is 0 Å². The molecule has 0 unspecified atom stereocenters. The van der Waals surface area contributed by atoms with Crippen molar-refractivity contribution < 1.29 is 14.6 Å². The fourth-order valence-corrected chi connectivity index (χ4v) is 2.44. The SMILES string of the molecule is CCN(C(=O)c1cc([N+](=O)[O-])c(Cl)c([N+](=O)[O-])c1)c1ccccc1. The minimum Gasteiger partial charge on any atom is -0.309 e. The molecule has 0 fully saturated rings. The Morgan fingerprint density at radius 3 is 2.00 bits per heavy atom. The molecule has 124 valence electrons. The van der Waals surface area contributed by atoms with Crippen LogP contribution in [0.4, 0.5) is 17.1 Å². The molecule has 0 saturated heterocycles. The number of benzene rings is 2. The number of amides is 1. The van der Waals surface area contributed by atoms with E-state index in [4.69, 9.17) is 11.6 Å². The number of hydrogen-bond acceptors (Lipinski definition) is 5. The van der Waals surface area contributed by atoms with Crippen molar-refractivity contribution in [3.05, 3.63) is 73.3 Å². The number of nitro groups is 2. The van der Waals surface area contributed by atoms with E-state index in [-0.39, 0.29) is 12.1 Å². The van der Waals surface area contributed by atoms with Crippen LogP contribution >= 0.6 is 11.6 Å². The molecule has 0 aliphatic carbocycles.